The number of carbonyl (C=O) groups excluding carboxylic acids is 1. The van der Waals surface area contributed by atoms with Gasteiger partial charge in [0.25, 0.3) is 0 Å². The van der Waals surface area contributed by atoms with E-state index in [1.807, 2.05) is 18.2 Å². The Bertz CT molecular complexity index is 709. The van der Waals surface area contributed by atoms with Crippen LogP contribution in [0.5, 0.6) is 5.75 Å². The molecule has 2 aromatic carbocycles. The van der Waals surface area contributed by atoms with Crippen LogP contribution in [0, 0.1) is 0 Å². The summed E-state index contributed by atoms with van der Waals surface area (Å²) in [6, 6.07) is 15.6. The molecule has 1 fully saturated rings. The molecule has 1 saturated heterocycles. The molecule has 26 heavy (non-hydrogen) atoms. The largest absolute Gasteiger partial charge is 0.497 e. The summed E-state index contributed by atoms with van der Waals surface area (Å²) >= 11 is 0. The second-order valence-electron chi connectivity index (χ2n) is 6.69. The number of nitrogens with one attached hydrogen (secondary N) is 2. The van der Waals surface area contributed by atoms with Gasteiger partial charge >= 0.3 is 6.03 Å². The number of amides is 2. The van der Waals surface area contributed by atoms with E-state index in [-0.39, 0.29) is 6.03 Å². The maximum Gasteiger partial charge on any atom is 0.319 e. The fourth-order valence-corrected chi connectivity index (χ4v) is 3.20. The van der Waals surface area contributed by atoms with Crippen LogP contribution in [0.2, 0.25) is 0 Å². The number of hydrogen-bond donors (Lipinski definition) is 2. The van der Waals surface area contributed by atoms with Gasteiger partial charge in [-0.05, 0) is 49.2 Å². The highest BCUT2D eigenvalue weighted by molar-refractivity contribution is 5.89. The first-order valence-corrected chi connectivity index (χ1v) is 9.22. The quantitative estimate of drug-likeness (QED) is 0.825. The molecule has 0 atom stereocenters. The van der Waals surface area contributed by atoms with Crippen LogP contribution in [0.1, 0.15) is 30.4 Å². The lowest BCUT2D eigenvalue weighted by Crippen LogP contribution is -2.29. The lowest BCUT2D eigenvalue weighted by molar-refractivity contribution is 0.221. The van der Waals surface area contributed by atoms with Crippen LogP contribution in [0.25, 0.3) is 0 Å². The summed E-state index contributed by atoms with van der Waals surface area (Å²) in [5.74, 6) is 0.715. The van der Waals surface area contributed by atoms with Crippen LogP contribution in [0.4, 0.5) is 10.5 Å². The third kappa shape index (κ3) is 5.49. The zero-order valence-corrected chi connectivity index (χ0v) is 15.3. The van der Waals surface area contributed by atoms with Crippen molar-refractivity contribution in [2.75, 3.05) is 25.5 Å². The molecule has 2 aromatic rings. The minimum atomic E-state index is -0.226. The van der Waals surface area contributed by atoms with Crippen molar-refractivity contribution in [2.24, 2.45) is 0 Å². The Kier molecular flexibility index (Phi) is 6.50. The topological polar surface area (TPSA) is 53.6 Å². The Morgan fingerprint density at radius 3 is 2.50 bits per heavy atom. The van der Waals surface area contributed by atoms with Gasteiger partial charge in [-0.15, -0.1) is 0 Å². The van der Waals surface area contributed by atoms with Crippen LogP contribution in [-0.2, 0) is 13.1 Å². The molecule has 0 spiro atoms. The monoisotopic (exact) mass is 353 g/mol. The van der Waals surface area contributed by atoms with E-state index in [0.29, 0.717) is 18.0 Å². The van der Waals surface area contributed by atoms with Crippen molar-refractivity contribution in [3.63, 3.8) is 0 Å². The predicted octanol–water partition coefficient (Wildman–Crippen LogP) is 4.00. The second-order valence-corrected chi connectivity index (χ2v) is 6.69. The lowest BCUT2D eigenvalue weighted by atomic mass is 10.1. The molecular weight excluding hydrogens is 326 g/mol. The molecule has 1 aliphatic rings. The zero-order chi connectivity index (χ0) is 18.2. The van der Waals surface area contributed by atoms with Crippen molar-refractivity contribution in [1.29, 1.82) is 0 Å². The van der Waals surface area contributed by atoms with E-state index < -0.39 is 0 Å². The average molecular weight is 353 g/mol. The number of nitrogens with zero attached hydrogens (tertiary/aromatic N) is 1. The normalized spacial score (nSPS) is 14.7. The van der Waals surface area contributed by atoms with Crippen LogP contribution >= 0.6 is 0 Å². The number of rotatable bonds is 6. The lowest BCUT2D eigenvalue weighted by Gasteiger charge is -2.26. The first-order chi connectivity index (χ1) is 12.7. The van der Waals surface area contributed by atoms with Crippen LogP contribution in [0.15, 0.2) is 48.5 Å². The molecule has 2 amide bonds. The molecule has 2 N–H and O–H groups in total. The van der Waals surface area contributed by atoms with Crippen molar-refractivity contribution in [3.05, 3.63) is 59.7 Å². The van der Waals surface area contributed by atoms with E-state index in [9.17, 15) is 4.79 Å². The number of methoxy groups -OCH3 is 1. The van der Waals surface area contributed by atoms with E-state index in [1.165, 1.54) is 37.9 Å². The number of likely N-dealkylation sites (tertiary alicyclic amines) is 1. The molecule has 0 saturated carbocycles. The van der Waals surface area contributed by atoms with E-state index in [0.717, 1.165) is 12.1 Å². The van der Waals surface area contributed by atoms with Crippen molar-refractivity contribution in [1.82, 2.24) is 10.2 Å². The second kappa shape index (κ2) is 9.25. The van der Waals surface area contributed by atoms with Crippen molar-refractivity contribution in [3.8, 4) is 5.75 Å². The van der Waals surface area contributed by atoms with Gasteiger partial charge in [0.2, 0.25) is 0 Å². The number of piperidine rings is 1. The Balaban J connectivity index is 1.45. The summed E-state index contributed by atoms with van der Waals surface area (Å²) in [6.07, 6.45) is 3.98. The summed E-state index contributed by atoms with van der Waals surface area (Å²) in [5.41, 5.74) is 3.13. The molecule has 0 bridgehead atoms. The first-order valence-electron chi connectivity index (χ1n) is 9.22. The summed E-state index contributed by atoms with van der Waals surface area (Å²) in [7, 11) is 1.61. The third-order valence-corrected chi connectivity index (χ3v) is 4.66. The Hall–Kier alpha value is -2.53. The molecule has 0 aliphatic carbocycles. The Labute approximate surface area is 155 Å². The molecule has 0 unspecified atom stereocenters. The first kappa shape index (κ1) is 18.3. The minimum absolute atomic E-state index is 0.226. The van der Waals surface area contributed by atoms with Gasteiger partial charge in [0.05, 0.1) is 7.11 Å². The Morgan fingerprint density at radius 1 is 1.04 bits per heavy atom. The molecule has 0 aromatic heterocycles. The smallest absolute Gasteiger partial charge is 0.319 e. The molecule has 3 rings (SSSR count). The average Bonchev–Trinajstić information content (AvgIpc) is 2.68. The highest BCUT2D eigenvalue weighted by atomic mass is 16.5. The molecular formula is C21H27N3O2. The summed E-state index contributed by atoms with van der Waals surface area (Å²) in [5, 5.41) is 5.70. The van der Waals surface area contributed by atoms with E-state index in [1.54, 1.807) is 13.2 Å². The van der Waals surface area contributed by atoms with Gasteiger partial charge in [-0.25, -0.2) is 4.79 Å². The van der Waals surface area contributed by atoms with Crippen LogP contribution in [-0.4, -0.2) is 31.1 Å². The SMILES string of the molecule is COc1cccc(NC(=O)NCc2ccc(CN3CCCCC3)cc2)c1. The molecule has 0 radical (unpaired) electrons. The predicted molar refractivity (Wildman–Crippen MR) is 104 cm³/mol. The van der Waals surface area contributed by atoms with Crippen molar-refractivity contribution < 1.29 is 9.53 Å². The van der Waals surface area contributed by atoms with Crippen molar-refractivity contribution in [2.45, 2.75) is 32.4 Å². The van der Waals surface area contributed by atoms with E-state index in [2.05, 4.69) is 39.8 Å². The fraction of sp³-hybridized carbons (Fsp3) is 0.381. The summed E-state index contributed by atoms with van der Waals surface area (Å²) < 4.78 is 5.16. The standard InChI is InChI=1S/C21H27N3O2/c1-26-20-7-5-6-19(14-20)23-21(25)22-15-17-8-10-18(11-9-17)16-24-12-3-2-4-13-24/h5-11,14H,2-4,12-13,15-16H2,1H3,(H2,22,23,25). The van der Waals surface area contributed by atoms with Gasteiger partial charge in [-0.1, -0.05) is 36.8 Å². The van der Waals surface area contributed by atoms with Crippen LogP contribution < -0.4 is 15.4 Å². The van der Waals surface area contributed by atoms with Gasteiger partial charge < -0.3 is 15.4 Å². The highest BCUT2D eigenvalue weighted by Crippen LogP contribution is 2.16. The molecule has 138 valence electrons. The number of anilines is 1. The number of urea groups is 1. The number of carbonyl (C=O) groups is 1. The summed E-state index contributed by atoms with van der Waals surface area (Å²) in [6.45, 7) is 3.92. The third-order valence-electron chi connectivity index (χ3n) is 4.66. The number of ether oxygens (including phenoxy) is 1. The molecule has 1 heterocycles. The van der Waals surface area contributed by atoms with Crippen molar-refractivity contribution >= 4 is 11.7 Å². The maximum atomic E-state index is 12.0. The van der Waals surface area contributed by atoms with Gasteiger partial charge in [0.1, 0.15) is 5.75 Å². The van der Waals surface area contributed by atoms with E-state index in [4.69, 9.17) is 4.74 Å². The van der Waals surface area contributed by atoms with Gasteiger partial charge in [-0.3, -0.25) is 4.90 Å². The number of hydrogen-bond acceptors (Lipinski definition) is 3. The molecule has 5 nitrogen and oxygen atoms in total. The van der Waals surface area contributed by atoms with Gasteiger partial charge in [0, 0.05) is 24.8 Å². The van der Waals surface area contributed by atoms with E-state index >= 15 is 0 Å². The maximum absolute atomic E-state index is 12.0. The Morgan fingerprint density at radius 2 is 1.77 bits per heavy atom. The number of benzene rings is 2. The molecule has 5 heteroatoms. The fourth-order valence-electron chi connectivity index (χ4n) is 3.20. The minimum Gasteiger partial charge on any atom is -0.497 e. The molecule has 1 aliphatic heterocycles. The highest BCUT2D eigenvalue weighted by Gasteiger charge is 2.10. The zero-order valence-electron chi connectivity index (χ0n) is 15.3. The summed E-state index contributed by atoms with van der Waals surface area (Å²) in [4.78, 5) is 14.6. The van der Waals surface area contributed by atoms with Gasteiger partial charge in [-0.2, -0.15) is 0 Å². The van der Waals surface area contributed by atoms with Crippen LogP contribution in [0.3, 0.4) is 0 Å². The van der Waals surface area contributed by atoms with Gasteiger partial charge in [0.15, 0.2) is 0 Å².